The number of aliphatic hydroxyl groups excluding tert-OH is 2. The van der Waals surface area contributed by atoms with Crippen LogP contribution in [0.25, 0.3) is 11.3 Å². The van der Waals surface area contributed by atoms with Crippen molar-refractivity contribution in [2.45, 2.75) is 33.9 Å². The van der Waals surface area contributed by atoms with Crippen molar-refractivity contribution in [2.24, 2.45) is 5.92 Å². The predicted octanol–water partition coefficient (Wildman–Crippen LogP) is 1.80. The lowest BCUT2D eigenvalue weighted by Gasteiger charge is -2.21. The van der Waals surface area contributed by atoms with Crippen molar-refractivity contribution in [1.82, 2.24) is 14.7 Å². The Bertz CT molecular complexity index is 815. The first-order chi connectivity index (χ1) is 12.8. The fourth-order valence-corrected chi connectivity index (χ4v) is 2.92. The predicted molar refractivity (Wildman–Crippen MR) is 103 cm³/mol. The number of halogens is 1. The minimum atomic E-state index is -0.286. The van der Waals surface area contributed by atoms with E-state index in [1.807, 2.05) is 18.7 Å². The summed E-state index contributed by atoms with van der Waals surface area (Å²) in [5.41, 5.74) is 2.20. The van der Waals surface area contributed by atoms with E-state index in [0.29, 0.717) is 43.0 Å². The zero-order valence-electron chi connectivity index (χ0n) is 16.2. The molecule has 148 valence electrons. The molecule has 1 aromatic heterocycles. The van der Waals surface area contributed by atoms with Gasteiger partial charge in [-0.2, -0.15) is 5.10 Å². The number of hydrogen-bond acceptors (Lipinski definition) is 5. The van der Waals surface area contributed by atoms with E-state index in [1.165, 1.54) is 10.7 Å². The monoisotopic (exact) mass is 377 g/mol. The van der Waals surface area contributed by atoms with E-state index < -0.39 is 0 Å². The van der Waals surface area contributed by atoms with Crippen molar-refractivity contribution < 1.29 is 14.6 Å². The van der Waals surface area contributed by atoms with Gasteiger partial charge in [-0.15, -0.1) is 0 Å². The van der Waals surface area contributed by atoms with Gasteiger partial charge in [-0.3, -0.25) is 9.69 Å². The molecule has 6 nitrogen and oxygen atoms in total. The Kier molecular flexibility index (Phi) is 7.65. The number of aromatic nitrogens is 2. The Morgan fingerprint density at radius 1 is 1.19 bits per heavy atom. The Labute approximate surface area is 158 Å². The minimum Gasteiger partial charge on any atom is -0.395 e. The molecule has 0 saturated carbocycles. The van der Waals surface area contributed by atoms with E-state index in [1.54, 1.807) is 25.1 Å². The fourth-order valence-electron chi connectivity index (χ4n) is 2.92. The Morgan fingerprint density at radius 3 is 2.41 bits per heavy atom. The number of aryl methyl sites for hydroxylation is 1. The van der Waals surface area contributed by atoms with Gasteiger partial charge in [0, 0.05) is 37.3 Å². The summed E-state index contributed by atoms with van der Waals surface area (Å²) in [5, 5.41) is 22.9. The first-order valence-electron chi connectivity index (χ1n) is 9.17. The molecular formula is C20H28FN3O3. The third-order valence-electron chi connectivity index (χ3n) is 4.27. The maximum atomic E-state index is 13.6. The van der Waals surface area contributed by atoms with Crippen molar-refractivity contribution in [1.29, 1.82) is 0 Å². The highest BCUT2D eigenvalue weighted by Gasteiger charge is 2.15. The summed E-state index contributed by atoms with van der Waals surface area (Å²) in [6.07, 6.45) is 0. The van der Waals surface area contributed by atoms with Crippen LogP contribution in [-0.4, -0.2) is 51.2 Å². The topological polar surface area (TPSA) is 78.6 Å². The average Bonchev–Trinajstić information content (AvgIpc) is 2.60. The molecule has 0 saturated heterocycles. The molecule has 0 atom stereocenters. The van der Waals surface area contributed by atoms with Gasteiger partial charge in [0.05, 0.1) is 18.9 Å². The molecule has 1 heterocycles. The molecule has 27 heavy (non-hydrogen) atoms. The van der Waals surface area contributed by atoms with Crippen molar-refractivity contribution in [3.05, 3.63) is 51.6 Å². The van der Waals surface area contributed by atoms with Crippen molar-refractivity contribution in [3.63, 3.8) is 0 Å². The smallest absolute Gasteiger partial charge is 0.271 e. The molecule has 0 radical (unpaired) electrons. The molecule has 0 amide bonds. The number of nitrogens with zero attached hydrogens (tertiary/aromatic N) is 3. The van der Waals surface area contributed by atoms with E-state index in [-0.39, 0.29) is 30.5 Å². The van der Waals surface area contributed by atoms with Gasteiger partial charge < -0.3 is 10.2 Å². The molecule has 2 rings (SSSR count). The van der Waals surface area contributed by atoms with Crippen LogP contribution >= 0.6 is 0 Å². The van der Waals surface area contributed by atoms with Crippen LogP contribution < -0.4 is 5.56 Å². The number of rotatable bonds is 9. The van der Waals surface area contributed by atoms with Crippen LogP contribution in [0.4, 0.5) is 4.39 Å². The van der Waals surface area contributed by atoms with E-state index in [0.717, 1.165) is 5.56 Å². The molecule has 0 spiro atoms. The summed E-state index contributed by atoms with van der Waals surface area (Å²) in [6, 6.07) is 6.48. The highest BCUT2D eigenvalue weighted by atomic mass is 19.1. The number of benzene rings is 1. The zero-order chi connectivity index (χ0) is 20.0. The molecule has 0 fully saturated rings. The van der Waals surface area contributed by atoms with Gasteiger partial charge in [-0.05, 0) is 42.7 Å². The molecule has 0 aliphatic rings. The van der Waals surface area contributed by atoms with Crippen LogP contribution in [0.2, 0.25) is 0 Å². The van der Waals surface area contributed by atoms with Crippen molar-refractivity contribution in [2.75, 3.05) is 26.3 Å². The lowest BCUT2D eigenvalue weighted by molar-refractivity contribution is 0.155. The third kappa shape index (κ3) is 5.69. The Hall–Kier alpha value is -2.09. The van der Waals surface area contributed by atoms with Crippen LogP contribution in [-0.2, 0) is 13.1 Å². The summed E-state index contributed by atoms with van der Waals surface area (Å²) in [5.74, 6) is -0.0502. The second kappa shape index (κ2) is 9.73. The molecular weight excluding hydrogens is 349 g/mol. The molecule has 2 aromatic rings. The minimum absolute atomic E-state index is 0.0602. The standard InChI is InChI=1S/C20H28FN3O3/c1-14(2)12-24-20(27)17(13-23(6-8-25)7-9-26)11-19(22-24)16-4-5-18(21)15(3)10-16/h4-5,10-11,14,25-26H,6-9,12-13H2,1-3H3. The van der Waals surface area contributed by atoms with Gasteiger partial charge in [0.1, 0.15) is 5.82 Å². The first-order valence-corrected chi connectivity index (χ1v) is 9.17. The van der Waals surface area contributed by atoms with E-state index in [4.69, 9.17) is 0 Å². The van der Waals surface area contributed by atoms with Gasteiger partial charge >= 0.3 is 0 Å². The fraction of sp³-hybridized carbons (Fsp3) is 0.500. The van der Waals surface area contributed by atoms with Crippen molar-refractivity contribution in [3.8, 4) is 11.3 Å². The molecule has 0 aliphatic heterocycles. The van der Waals surface area contributed by atoms with Crippen LogP contribution in [0.5, 0.6) is 0 Å². The average molecular weight is 377 g/mol. The second-order valence-electron chi connectivity index (χ2n) is 7.12. The Morgan fingerprint density at radius 2 is 1.85 bits per heavy atom. The number of hydrogen-bond donors (Lipinski definition) is 2. The molecule has 0 aliphatic carbocycles. The van der Waals surface area contributed by atoms with Crippen LogP contribution in [0.3, 0.4) is 0 Å². The largest absolute Gasteiger partial charge is 0.395 e. The summed E-state index contributed by atoms with van der Waals surface area (Å²) < 4.78 is 15.1. The van der Waals surface area contributed by atoms with Gasteiger partial charge in [0.2, 0.25) is 0 Å². The normalized spacial score (nSPS) is 11.6. The summed E-state index contributed by atoms with van der Waals surface area (Å²) in [4.78, 5) is 14.7. The molecule has 7 heteroatoms. The molecule has 1 aromatic carbocycles. The highest BCUT2D eigenvalue weighted by Crippen LogP contribution is 2.20. The van der Waals surface area contributed by atoms with Gasteiger partial charge in [-0.1, -0.05) is 13.8 Å². The lowest BCUT2D eigenvalue weighted by Crippen LogP contribution is -2.35. The molecule has 0 bridgehead atoms. The quantitative estimate of drug-likeness (QED) is 0.697. The van der Waals surface area contributed by atoms with Crippen LogP contribution in [0.1, 0.15) is 25.0 Å². The summed E-state index contributed by atoms with van der Waals surface area (Å²) in [6.45, 7) is 7.07. The van der Waals surface area contributed by atoms with Crippen LogP contribution in [0.15, 0.2) is 29.1 Å². The maximum Gasteiger partial charge on any atom is 0.271 e. The highest BCUT2D eigenvalue weighted by molar-refractivity contribution is 5.60. The third-order valence-corrected chi connectivity index (χ3v) is 4.27. The second-order valence-corrected chi connectivity index (χ2v) is 7.12. The van der Waals surface area contributed by atoms with Gasteiger partial charge in [0.15, 0.2) is 0 Å². The summed E-state index contributed by atoms with van der Waals surface area (Å²) >= 11 is 0. The lowest BCUT2D eigenvalue weighted by atomic mass is 10.1. The SMILES string of the molecule is Cc1cc(-c2cc(CN(CCO)CCO)c(=O)n(CC(C)C)n2)ccc1F. The molecule has 2 N–H and O–H groups in total. The van der Waals surface area contributed by atoms with Crippen molar-refractivity contribution >= 4 is 0 Å². The van der Waals surface area contributed by atoms with Crippen LogP contribution in [0, 0.1) is 18.7 Å². The van der Waals surface area contributed by atoms with Gasteiger partial charge in [0.25, 0.3) is 5.56 Å². The molecule has 0 unspecified atom stereocenters. The van der Waals surface area contributed by atoms with E-state index in [2.05, 4.69) is 5.10 Å². The zero-order valence-corrected chi connectivity index (χ0v) is 16.2. The number of aliphatic hydroxyl groups is 2. The van der Waals surface area contributed by atoms with Gasteiger partial charge in [-0.25, -0.2) is 9.07 Å². The maximum absolute atomic E-state index is 13.6. The van der Waals surface area contributed by atoms with E-state index in [9.17, 15) is 19.4 Å². The van der Waals surface area contributed by atoms with E-state index >= 15 is 0 Å². The summed E-state index contributed by atoms with van der Waals surface area (Å²) in [7, 11) is 0. The first kappa shape index (κ1) is 21.2. The Balaban J connectivity index is 2.50.